The van der Waals surface area contributed by atoms with Crippen molar-refractivity contribution in [3.8, 4) is 17.1 Å². The number of rotatable bonds is 1. The van der Waals surface area contributed by atoms with E-state index in [9.17, 15) is 0 Å². The van der Waals surface area contributed by atoms with Crippen LogP contribution in [0.25, 0.3) is 28.1 Å². The van der Waals surface area contributed by atoms with Crippen LogP contribution in [0.5, 0.6) is 0 Å². The third-order valence-electron chi connectivity index (χ3n) is 5.32. The smallest absolute Gasteiger partial charge is 0.145 e. The van der Waals surface area contributed by atoms with E-state index >= 15 is 0 Å². The number of hydrogen-bond acceptors (Lipinski definition) is 1. The largest absolute Gasteiger partial charge is 0.292 e. The Morgan fingerprint density at radius 1 is 0.880 bits per heavy atom. The van der Waals surface area contributed by atoms with Crippen LogP contribution in [0.1, 0.15) is 25.0 Å². The van der Waals surface area contributed by atoms with Gasteiger partial charge in [-0.25, -0.2) is 4.98 Å². The fourth-order valence-electron chi connectivity index (χ4n) is 4.04. The van der Waals surface area contributed by atoms with Crippen LogP contribution in [-0.4, -0.2) is 17.4 Å². The van der Waals surface area contributed by atoms with Gasteiger partial charge < -0.3 is 0 Å². The summed E-state index contributed by atoms with van der Waals surface area (Å²) in [5, 5.41) is 0. The maximum Gasteiger partial charge on any atom is 0.145 e. The standard InChI is InChI=1S/C22H17BN2/c1-22(2)16-9-6-10-18-20(16)25(19-12-11-15(23)13-17(19)22)21(24-18)14-7-4-3-5-8-14/h3-13H,1-2H3. The first-order valence-electron chi connectivity index (χ1n) is 8.55. The molecule has 0 aliphatic carbocycles. The summed E-state index contributed by atoms with van der Waals surface area (Å²) in [5.74, 6) is 0.976. The van der Waals surface area contributed by atoms with Crippen LogP contribution < -0.4 is 5.46 Å². The number of aromatic nitrogens is 2. The number of fused-ring (bicyclic) bond motifs is 2. The van der Waals surface area contributed by atoms with E-state index in [1.165, 1.54) is 22.3 Å². The predicted molar refractivity (Wildman–Crippen MR) is 104 cm³/mol. The number of hydrogen-bond donors (Lipinski definition) is 0. The van der Waals surface area contributed by atoms with E-state index in [0.717, 1.165) is 22.4 Å². The van der Waals surface area contributed by atoms with Crippen LogP contribution in [0, 0.1) is 0 Å². The van der Waals surface area contributed by atoms with Crippen molar-refractivity contribution in [1.29, 1.82) is 0 Å². The monoisotopic (exact) mass is 320 g/mol. The van der Waals surface area contributed by atoms with Gasteiger partial charge in [-0.05, 0) is 23.3 Å². The maximum absolute atomic E-state index is 6.12. The lowest BCUT2D eigenvalue weighted by Crippen LogP contribution is -2.28. The number of nitrogens with zero attached hydrogens (tertiary/aromatic N) is 2. The zero-order valence-electron chi connectivity index (χ0n) is 14.3. The van der Waals surface area contributed by atoms with E-state index in [1.807, 2.05) is 12.1 Å². The van der Waals surface area contributed by atoms with Gasteiger partial charge in [0.05, 0.1) is 16.7 Å². The fraction of sp³-hybridized carbons (Fsp3) is 0.136. The molecule has 4 aromatic rings. The Balaban J connectivity index is 1.98. The summed E-state index contributed by atoms with van der Waals surface area (Å²) in [5.41, 5.74) is 7.72. The topological polar surface area (TPSA) is 17.8 Å². The van der Waals surface area contributed by atoms with Gasteiger partial charge in [0.25, 0.3) is 0 Å². The van der Waals surface area contributed by atoms with Crippen LogP contribution in [0.15, 0.2) is 66.7 Å². The van der Waals surface area contributed by atoms with E-state index in [-0.39, 0.29) is 5.41 Å². The van der Waals surface area contributed by atoms with Gasteiger partial charge in [-0.15, -0.1) is 0 Å². The van der Waals surface area contributed by atoms with Gasteiger partial charge in [0.2, 0.25) is 0 Å². The van der Waals surface area contributed by atoms with Crippen LogP contribution in [0.3, 0.4) is 0 Å². The van der Waals surface area contributed by atoms with Crippen LogP contribution in [0.4, 0.5) is 0 Å². The van der Waals surface area contributed by atoms with Crippen molar-refractivity contribution < 1.29 is 0 Å². The third kappa shape index (κ3) is 1.89. The van der Waals surface area contributed by atoms with Crippen molar-refractivity contribution >= 4 is 24.3 Å². The minimum atomic E-state index is -0.117. The van der Waals surface area contributed by atoms with Gasteiger partial charge in [-0.2, -0.15) is 0 Å². The van der Waals surface area contributed by atoms with Crippen molar-refractivity contribution in [2.45, 2.75) is 19.3 Å². The molecular formula is C22H17BN2. The van der Waals surface area contributed by atoms with Crippen LogP contribution in [-0.2, 0) is 5.41 Å². The Kier molecular flexibility index (Phi) is 2.82. The molecule has 0 fully saturated rings. The minimum absolute atomic E-state index is 0.117. The lowest BCUT2D eigenvalue weighted by molar-refractivity contribution is 0.629. The Labute approximate surface area is 148 Å². The zero-order valence-corrected chi connectivity index (χ0v) is 14.3. The Hall–Kier alpha value is -2.81. The van der Waals surface area contributed by atoms with Crippen molar-refractivity contribution in [1.82, 2.24) is 9.55 Å². The molecule has 5 rings (SSSR count). The molecule has 0 bridgehead atoms. The minimum Gasteiger partial charge on any atom is -0.292 e. The Morgan fingerprint density at radius 2 is 1.68 bits per heavy atom. The van der Waals surface area contributed by atoms with E-state index in [0.29, 0.717) is 0 Å². The molecular weight excluding hydrogens is 303 g/mol. The Bertz CT molecular complexity index is 1120. The predicted octanol–water partition coefficient (Wildman–Crippen LogP) is 4.13. The first-order valence-corrected chi connectivity index (χ1v) is 8.55. The molecule has 0 saturated heterocycles. The summed E-state index contributed by atoms with van der Waals surface area (Å²) in [6.07, 6.45) is 0. The molecule has 2 nitrogen and oxygen atoms in total. The number of benzene rings is 3. The summed E-state index contributed by atoms with van der Waals surface area (Å²) < 4.78 is 2.29. The Morgan fingerprint density at radius 3 is 2.48 bits per heavy atom. The molecule has 0 amide bonds. The molecule has 1 aliphatic heterocycles. The van der Waals surface area contributed by atoms with Crippen molar-refractivity contribution in [2.24, 2.45) is 0 Å². The van der Waals surface area contributed by atoms with Gasteiger partial charge >= 0.3 is 0 Å². The molecule has 1 aliphatic rings. The average molecular weight is 320 g/mol. The molecule has 2 radical (unpaired) electrons. The normalized spacial score (nSPS) is 14.5. The highest BCUT2D eigenvalue weighted by Gasteiger charge is 2.35. The van der Waals surface area contributed by atoms with Crippen LogP contribution in [0.2, 0.25) is 0 Å². The van der Waals surface area contributed by atoms with Crippen molar-refractivity contribution in [3.63, 3.8) is 0 Å². The SMILES string of the molecule is [B]c1ccc2c(c1)C(C)(C)c1cccc3nc(-c4ccccc4)n-2c13. The molecule has 25 heavy (non-hydrogen) atoms. The molecule has 3 heteroatoms. The zero-order chi connectivity index (χ0) is 17.2. The first kappa shape index (κ1) is 14.5. The molecule has 0 unspecified atom stereocenters. The fourth-order valence-corrected chi connectivity index (χ4v) is 4.04. The lowest BCUT2D eigenvalue weighted by Gasteiger charge is -2.34. The molecule has 2 heterocycles. The quantitative estimate of drug-likeness (QED) is 0.482. The van der Waals surface area contributed by atoms with Gasteiger partial charge in [0.15, 0.2) is 0 Å². The highest BCUT2D eigenvalue weighted by molar-refractivity contribution is 6.32. The molecule has 0 saturated carbocycles. The summed E-state index contributed by atoms with van der Waals surface area (Å²) in [6, 6.07) is 23.0. The van der Waals surface area contributed by atoms with E-state index < -0.39 is 0 Å². The highest BCUT2D eigenvalue weighted by atomic mass is 15.1. The van der Waals surface area contributed by atoms with Gasteiger partial charge in [-0.1, -0.05) is 73.9 Å². The number of para-hydroxylation sites is 1. The van der Waals surface area contributed by atoms with Gasteiger partial charge in [0, 0.05) is 11.0 Å². The van der Waals surface area contributed by atoms with Gasteiger partial charge in [-0.3, -0.25) is 4.57 Å². The van der Waals surface area contributed by atoms with Gasteiger partial charge in [0.1, 0.15) is 13.7 Å². The summed E-state index contributed by atoms with van der Waals surface area (Å²) in [7, 11) is 6.12. The first-order chi connectivity index (χ1) is 12.1. The van der Waals surface area contributed by atoms with E-state index in [4.69, 9.17) is 12.8 Å². The van der Waals surface area contributed by atoms with E-state index in [1.54, 1.807) is 0 Å². The second-order valence-electron chi connectivity index (χ2n) is 7.21. The average Bonchev–Trinajstić information content (AvgIpc) is 3.01. The van der Waals surface area contributed by atoms with Crippen LogP contribution >= 0.6 is 0 Å². The molecule has 1 aromatic heterocycles. The second kappa shape index (κ2) is 4.86. The highest BCUT2D eigenvalue weighted by Crippen LogP contribution is 2.45. The summed E-state index contributed by atoms with van der Waals surface area (Å²) in [4.78, 5) is 4.97. The van der Waals surface area contributed by atoms with E-state index in [2.05, 4.69) is 73.0 Å². The third-order valence-corrected chi connectivity index (χ3v) is 5.32. The summed E-state index contributed by atoms with van der Waals surface area (Å²) in [6.45, 7) is 4.53. The molecule has 0 N–H and O–H groups in total. The lowest BCUT2D eigenvalue weighted by atomic mass is 9.73. The summed E-state index contributed by atoms with van der Waals surface area (Å²) >= 11 is 0. The molecule has 0 atom stereocenters. The van der Waals surface area contributed by atoms with Crippen molar-refractivity contribution in [2.75, 3.05) is 0 Å². The molecule has 3 aromatic carbocycles. The van der Waals surface area contributed by atoms with Crippen molar-refractivity contribution in [3.05, 3.63) is 77.9 Å². The molecule has 0 spiro atoms. The maximum atomic E-state index is 6.12. The number of imidazole rings is 1. The molecule has 118 valence electrons. The second-order valence-corrected chi connectivity index (χ2v) is 7.21.